The van der Waals surface area contributed by atoms with Gasteiger partial charge in [-0.15, -0.1) is 0 Å². The van der Waals surface area contributed by atoms with Gasteiger partial charge >= 0.3 is 0 Å². The molecule has 2 N–H and O–H groups in total. The van der Waals surface area contributed by atoms with E-state index in [0.717, 1.165) is 51.7 Å². The number of nitrogens with one attached hydrogen (secondary N) is 2. The minimum atomic E-state index is -0.0928. The maximum Gasteiger partial charge on any atom is 0.256 e. The smallest absolute Gasteiger partial charge is 0.256 e. The van der Waals surface area contributed by atoms with Gasteiger partial charge in [0.2, 0.25) is 5.91 Å². The molecule has 2 aliphatic rings. The van der Waals surface area contributed by atoms with Gasteiger partial charge in [0.05, 0.1) is 31.4 Å². The van der Waals surface area contributed by atoms with Crippen molar-refractivity contribution in [3.8, 4) is 11.5 Å². The lowest BCUT2D eigenvalue weighted by atomic mass is 9.98. The summed E-state index contributed by atoms with van der Waals surface area (Å²) in [7, 11) is 3.08. The maximum absolute atomic E-state index is 13.1. The number of nitrogens with zero attached hydrogens (tertiary/aromatic N) is 1. The quantitative estimate of drug-likeness (QED) is 0.825. The Hall–Kier alpha value is -2.28. The van der Waals surface area contributed by atoms with E-state index in [1.807, 2.05) is 4.90 Å². The summed E-state index contributed by atoms with van der Waals surface area (Å²) in [6.45, 7) is 3.09. The topological polar surface area (TPSA) is 79.9 Å². The Kier molecular flexibility index (Phi) is 6.55. The fourth-order valence-corrected chi connectivity index (χ4v) is 3.74. The summed E-state index contributed by atoms with van der Waals surface area (Å²) in [5, 5.41) is 6.21. The Morgan fingerprint density at radius 2 is 1.78 bits per heavy atom. The highest BCUT2D eigenvalue weighted by atomic mass is 16.5. The second-order valence-corrected chi connectivity index (χ2v) is 7.14. The molecule has 27 heavy (non-hydrogen) atoms. The third-order valence-electron chi connectivity index (χ3n) is 5.32. The lowest BCUT2D eigenvalue weighted by molar-refractivity contribution is -0.120. The monoisotopic (exact) mass is 375 g/mol. The molecule has 2 amide bonds. The Morgan fingerprint density at radius 1 is 1.07 bits per heavy atom. The first-order chi connectivity index (χ1) is 13.1. The van der Waals surface area contributed by atoms with Gasteiger partial charge in [-0.2, -0.15) is 0 Å². The number of benzene rings is 1. The van der Waals surface area contributed by atoms with E-state index in [-0.39, 0.29) is 17.7 Å². The summed E-state index contributed by atoms with van der Waals surface area (Å²) in [5.41, 5.74) is 0.936. The molecule has 7 heteroatoms. The molecule has 3 rings (SSSR count). The number of amides is 2. The highest BCUT2D eigenvalue weighted by Crippen LogP contribution is 2.34. The highest BCUT2D eigenvalue weighted by molar-refractivity contribution is 6.05. The average molecular weight is 375 g/mol. The number of piperidine rings is 2. The van der Waals surface area contributed by atoms with Crippen molar-refractivity contribution in [3.63, 3.8) is 0 Å². The molecule has 0 aliphatic carbocycles. The molecule has 1 unspecified atom stereocenters. The largest absolute Gasteiger partial charge is 0.493 e. The van der Waals surface area contributed by atoms with Gasteiger partial charge in [0.15, 0.2) is 11.5 Å². The number of hydrogen-bond acceptors (Lipinski definition) is 5. The highest BCUT2D eigenvalue weighted by Gasteiger charge is 2.26. The molecular formula is C20H29N3O4. The predicted molar refractivity (Wildman–Crippen MR) is 104 cm³/mol. The third-order valence-corrected chi connectivity index (χ3v) is 5.32. The molecule has 2 saturated heterocycles. The van der Waals surface area contributed by atoms with E-state index >= 15 is 0 Å². The van der Waals surface area contributed by atoms with E-state index in [1.54, 1.807) is 26.4 Å². The second-order valence-electron chi connectivity index (χ2n) is 7.14. The van der Waals surface area contributed by atoms with E-state index in [9.17, 15) is 9.59 Å². The first-order valence-electron chi connectivity index (χ1n) is 9.71. The van der Waals surface area contributed by atoms with E-state index in [0.29, 0.717) is 29.3 Å². The summed E-state index contributed by atoms with van der Waals surface area (Å²) >= 11 is 0. The number of carbonyl (C=O) groups excluding carboxylic acids is 2. The molecule has 0 spiro atoms. The molecule has 0 bridgehead atoms. The first kappa shape index (κ1) is 19.5. The fraction of sp³-hybridized carbons (Fsp3) is 0.600. The van der Waals surface area contributed by atoms with Crippen molar-refractivity contribution in [2.45, 2.75) is 32.1 Å². The van der Waals surface area contributed by atoms with Crippen LogP contribution in [0.1, 0.15) is 42.5 Å². The number of rotatable bonds is 5. The Morgan fingerprint density at radius 3 is 2.41 bits per heavy atom. The van der Waals surface area contributed by atoms with Gasteiger partial charge in [-0.05, 0) is 44.7 Å². The first-order valence-corrected chi connectivity index (χ1v) is 9.71. The minimum absolute atomic E-state index is 0.0675. The normalized spacial score (nSPS) is 20.1. The fourth-order valence-electron chi connectivity index (χ4n) is 3.74. The molecule has 2 fully saturated rings. The number of carbonyl (C=O) groups is 2. The lowest BCUT2D eigenvalue weighted by Gasteiger charge is -2.28. The van der Waals surface area contributed by atoms with Gasteiger partial charge in [0, 0.05) is 25.7 Å². The summed E-state index contributed by atoms with van der Waals surface area (Å²) in [4.78, 5) is 27.7. The maximum atomic E-state index is 13.1. The molecule has 1 aromatic rings. The van der Waals surface area contributed by atoms with Crippen LogP contribution >= 0.6 is 0 Å². The Labute approximate surface area is 160 Å². The van der Waals surface area contributed by atoms with Crippen LogP contribution in [-0.4, -0.2) is 57.1 Å². The van der Waals surface area contributed by atoms with Crippen molar-refractivity contribution in [3.05, 3.63) is 17.7 Å². The van der Waals surface area contributed by atoms with Gasteiger partial charge < -0.3 is 25.0 Å². The van der Waals surface area contributed by atoms with Crippen molar-refractivity contribution < 1.29 is 19.1 Å². The molecule has 1 aromatic carbocycles. The standard InChI is InChI=1S/C20H29N3O4/c1-26-17-11-15(20(25)23-9-4-3-5-10-23)16(12-18(17)27-2)22-19(24)14-7-6-8-21-13-14/h11-12,14,21H,3-10,13H2,1-2H3,(H,22,24). The van der Waals surface area contributed by atoms with Crippen molar-refractivity contribution in [1.82, 2.24) is 10.2 Å². The van der Waals surface area contributed by atoms with E-state index in [1.165, 1.54) is 0 Å². The molecule has 0 radical (unpaired) electrons. The van der Waals surface area contributed by atoms with E-state index in [4.69, 9.17) is 9.47 Å². The van der Waals surface area contributed by atoms with Gasteiger partial charge in [-0.3, -0.25) is 9.59 Å². The number of ether oxygens (including phenoxy) is 2. The SMILES string of the molecule is COc1cc(NC(=O)C2CCCNC2)c(C(=O)N2CCCCC2)cc1OC. The van der Waals surface area contributed by atoms with Crippen LogP contribution in [0.3, 0.4) is 0 Å². The van der Waals surface area contributed by atoms with Gasteiger partial charge in [0.1, 0.15) is 0 Å². The second kappa shape index (κ2) is 9.08. The molecule has 2 aliphatic heterocycles. The molecule has 7 nitrogen and oxygen atoms in total. The van der Waals surface area contributed by atoms with Gasteiger partial charge in [0.25, 0.3) is 5.91 Å². The molecule has 2 heterocycles. The Balaban J connectivity index is 1.89. The number of likely N-dealkylation sites (tertiary alicyclic amines) is 1. The zero-order valence-corrected chi connectivity index (χ0v) is 16.2. The van der Waals surface area contributed by atoms with Crippen LogP contribution in [0.15, 0.2) is 12.1 Å². The number of anilines is 1. The number of hydrogen-bond donors (Lipinski definition) is 2. The van der Waals surface area contributed by atoms with Crippen molar-refractivity contribution >= 4 is 17.5 Å². The van der Waals surface area contributed by atoms with E-state index < -0.39 is 0 Å². The molecular weight excluding hydrogens is 346 g/mol. The summed E-state index contributed by atoms with van der Waals surface area (Å²) in [6.07, 6.45) is 4.99. The van der Waals surface area contributed by atoms with Crippen LogP contribution in [0.5, 0.6) is 11.5 Å². The third kappa shape index (κ3) is 4.53. The molecule has 148 valence electrons. The minimum Gasteiger partial charge on any atom is -0.493 e. The van der Waals surface area contributed by atoms with Crippen LogP contribution in [-0.2, 0) is 4.79 Å². The predicted octanol–water partition coefficient (Wildman–Crippen LogP) is 2.27. The number of methoxy groups -OCH3 is 2. The van der Waals surface area contributed by atoms with Gasteiger partial charge in [-0.25, -0.2) is 0 Å². The Bertz CT molecular complexity index is 680. The van der Waals surface area contributed by atoms with Crippen LogP contribution < -0.4 is 20.1 Å². The van der Waals surface area contributed by atoms with Crippen molar-refractivity contribution in [1.29, 1.82) is 0 Å². The van der Waals surface area contributed by atoms with Crippen molar-refractivity contribution in [2.75, 3.05) is 45.7 Å². The summed E-state index contributed by atoms with van der Waals surface area (Å²) < 4.78 is 10.7. The lowest BCUT2D eigenvalue weighted by Crippen LogP contribution is -2.38. The van der Waals surface area contributed by atoms with Crippen molar-refractivity contribution in [2.24, 2.45) is 5.92 Å². The summed E-state index contributed by atoms with van der Waals surface area (Å²) in [5.74, 6) is 0.736. The molecule has 1 atom stereocenters. The van der Waals surface area contributed by atoms with Crippen LogP contribution in [0.2, 0.25) is 0 Å². The molecule has 0 saturated carbocycles. The van der Waals surface area contributed by atoms with Crippen LogP contribution in [0.4, 0.5) is 5.69 Å². The average Bonchev–Trinajstić information content (AvgIpc) is 2.74. The zero-order valence-electron chi connectivity index (χ0n) is 16.2. The van der Waals surface area contributed by atoms with Crippen LogP contribution in [0, 0.1) is 5.92 Å². The van der Waals surface area contributed by atoms with Crippen LogP contribution in [0.25, 0.3) is 0 Å². The molecule has 0 aromatic heterocycles. The van der Waals surface area contributed by atoms with E-state index in [2.05, 4.69) is 10.6 Å². The van der Waals surface area contributed by atoms with Gasteiger partial charge in [-0.1, -0.05) is 0 Å². The summed E-state index contributed by atoms with van der Waals surface area (Å²) in [6, 6.07) is 3.36. The zero-order chi connectivity index (χ0) is 19.2.